The number of nitrogens with one attached hydrogen (secondary N) is 1. The molecule has 0 saturated heterocycles. The second kappa shape index (κ2) is 4.65. The molecule has 0 spiro atoms. The Hall–Kier alpha value is -1.49. The maximum atomic E-state index is 5.26. The molecule has 3 rings (SSSR count). The number of rotatable bonds is 2. The highest BCUT2D eigenvalue weighted by Crippen LogP contribution is 2.32. The van der Waals surface area contributed by atoms with E-state index in [9.17, 15) is 0 Å². The zero-order chi connectivity index (χ0) is 12.5. The van der Waals surface area contributed by atoms with Gasteiger partial charge in [-0.05, 0) is 34.5 Å². The van der Waals surface area contributed by atoms with Crippen molar-refractivity contribution in [2.24, 2.45) is 0 Å². The average Bonchev–Trinajstić information content (AvgIpc) is 2.77. The molecule has 0 unspecified atom stereocenters. The van der Waals surface area contributed by atoms with Crippen molar-refractivity contribution in [2.75, 3.05) is 19.0 Å². The summed E-state index contributed by atoms with van der Waals surface area (Å²) in [5.74, 6) is 2.90. The molecule has 0 radical (unpaired) electrons. The van der Waals surface area contributed by atoms with Gasteiger partial charge in [0.15, 0.2) is 0 Å². The van der Waals surface area contributed by atoms with Crippen LogP contribution in [-0.4, -0.2) is 23.2 Å². The number of ether oxygens (including phenoxy) is 1. The number of methoxy groups -OCH3 is 1. The maximum absolute atomic E-state index is 5.26. The number of imidazole rings is 1. The number of aromatic nitrogens is 2. The van der Waals surface area contributed by atoms with Crippen LogP contribution >= 0.6 is 15.9 Å². The van der Waals surface area contributed by atoms with Crippen LogP contribution in [0.5, 0.6) is 5.75 Å². The van der Waals surface area contributed by atoms with Gasteiger partial charge in [0.05, 0.1) is 7.11 Å². The molecule has 18 heavy (non-hydrogen) atoms. The topological polar surface area (TPSA) is 39.1 Å². The van der Waals surface area contributed by atoms with E-state index in [2.05, 4.69) is 36.9 Å². The molecule has 2 aromatic rings. The zero-order valence-corrected chi connectivity index (χ0v) is 11.7. The standard InChI is InChI=1S/C13H14BrN3O/c1-18-10-5-2-4-9(8-10)12-16-11(14)13-15-6-3-7-17(12)13/h2,4-5,8,15H,3,6-7H2,1H3. The Kier molecular flexibility index (Phi) is 2.99. The number of benzene rings is 1. The van der Waals surface area contributed by atoms with Crippen LogP contribution in [0.1, 0.15) is 6.42 Å². The van der Waals surface area contributed by atoms with E-state index in [4.69, 9.17) is 4.74 Å². The molecule has 4 nitrogen and oxygen atoms in total. The maximum Gasteiger partial charge on any atom is 0.149 e. The van der Waals surface area contributed by atoms with Crippen LogP contribution < -0.4 is 10.1 Å². The molecule has 1 N–H and O–H groups in total. The Morgan fingerprint density at radius 2 is 2.33 bits per heavy atom. The fraction of sp³-hybridized carbons (Fsp3) is 0.308. The molecule has 1 aromatic carbocycles. The second-order valence-electron chi connectivity index (χ2n) is 4.24. The SMILES string of the molecule is COc1cccc(-c2nc(Br)c3n2CCCN3)c1. The van der Waals surface area contributed by atoms with Gasteiger partial charge in [-0.1, -0.05) is 12.1 Å². The molecule has 0 fully saturated rings. The largest absolute Gasteiger partial charge is 0.497 e. The van der Waals surface area contributed by atoms with E-state index >= 15 is 0 Å². The summed E-state index contributed by atoms with van der Waals surface area (Å²) < 4.78 is 8.35. The van der Waals surface area contributed by atoms with E-state index in [1.54, 1.807) is 7.11 Å². The summed E-state index contributed by atoms with van der Waals surface area (Å²) in [4.78, 5) is 4.60. The molecular formula is C13H14BrN3O. The van der Waals surface area contributed by atoms with Crippen LogP contribution in [0.4, 0.5) is 5.82 Å². The van der Waals surface area contributed by atoms with Crippen LogP contribution in [0.2, 0.25) is 0 Å². The first-order chi connectivity index (χ1) is 8.79. The fourth-order valence-corrected chi connectivity index (χ4v) is 2.76. The van der Waals surface area contributed by atoms with Crippen LogP contribution in [0.15, 0.2) is 28.9 Å². The highest BCUT2D eigenvalue weighted by molar-refractivity contribution is 9.10. The molecule has 0 saturated carbocycles. The second-order valence-corrected chi connectivity index (χ2v) is 4.99. The van der Waals surface area contributed by atoms with E-state index in [0.717, 1.165) is 47.1 Å². The molecule has 0 amide bonds. The molecule has 1 aromatic heterocycles. The van der Waals surface area contributed by atoms with Gasteiger partial charge in [-0.25, -0.2) is 4.98 Å². The molecular weight excluding hydrogens is 294 g/mol. The molecule has 2 heterocycles. The number of nitrogens with zero attached hydrogens (tertiary/aromatic N) is 2. The predicted octanol–water partition coefficient (Wildman–Crippen LogP) is 3.14. The van der Waals surface area contributed by atoms with Crippen molar-refractivity contribution < 1.29 is 4.74 Å². The van der Waals surface area contributed by atoms with Gasteiger partial charge in [0, 0.05) is 18.7 Å². The van der Waals surface area contributed by atoms with Crippen LogP contribution in [-0.2, 0) is 6.54 Å². The third-order valence-electron chi connectivity index (χ3n) is 3.10. The number of fused-ring (bicyclic) bond motifs is 1. The van der Waals surface area contributed by atoms with Crippen LogP contribution in [0.3, 0.4) is 0 Å². The highest BCUT2D eigenvalue weighted by atomic mass is 79.9. The van der Waals surface area contributed by atoms with Gasteiger partial charge < -0.3 is 14.6 Å². The van der Waals surface area contributed by atoms with Gasteiger partial charge in [-0.15, -0.1) is 0 Å². The molecule has 0 bridgehead atoms. The van der Waals surface area contributed by atoms with Gasteiger partial charge in [0.1, 0.15) is 22.0 Å². The first-order valence-electron chi connectivity index (χ1n) is 5.94. The fourth-order valence-electron chi connectivity index (χ4n) is 2.24. The van der Waals surface area contributed by atoms with Gasteiger partial charge in [-0.3, -0.25) is 0 Å². The van der Waals surface area contributed by atoms with Crippen molar-refractivity contribution in [1.29, 1.82) is 0 Å². The summed E-state index contributed by atoms with van der Waals surface area (Å²) in [7, 11) is 1.68. The van der Waals surface area contributed by atoms with Crippen molar-refractivity contribution in [2.45, 2.75) is 13.0 Å². The Bertz CT molecular complexity index is 580. The number of halogens is 1. The lowest BCUT2D eigenvalue weighted by Gasteiger charge is -2.18. The minimum atomic E-state index is 0.852. The summed E-state index contributed by atoms with van der Waals surface area (Å²) in [6.45, 7) is 2.00. The van der Waals surface area contributed by atoms with E-state index in [1.807, 2.05) is 18.2 Å². The quantitative estimate of drug-likeness (QED) is 0.926. The summed E-state index contributed by atoms with van der Waals surface area (Å²) in [5, 5.41) is 3.37. The molecule has 1 aliphatic heterocycles. The number of hydrogen-bond donors (Lipinski definition) is 1. The molecule has 0 atom stereocenters. The van der Waals surface area contributed by atoms with Crippen LogP contribution in [0, 0.1) is 0 Å². The van der Waals surface area contributed by atoms with Crippen molar-refractivity contribution in [3.8, 4) is 17.1 Å². The van der Waals surface area contributed by atoms with E-state index in [0.29, 0.717) is 0 Å². The number of anilines is 1. The van der Waals surface area contributed by atoms with E-state index in [1.165, 1.54) is 0 Å². The van der Waals surface area contributed by atoms with E-state index in [-0.39, 0.29) is 0 Å². The summed E-state index contributed by atoms with van der Waals surface area (Å²) >= 11 is 3.51. The first kappa shape index (κ1) is 11.6. The predicted molar refractivity (Wildman–Crippen MR) is 75.0 cm³/mol. The molecule has 94 valence electrons. The van der Waals surface area contributed by atoms with Crippen molar-refractivity contribution in [3.05, 3.63) is 28.9 Å². The van der Waals surface area contributed by atoms with Gasteiger partial charge in [0.25, 0.3) is 0 Å². The Balaban J connectivity index is 2.11. The van der Waals surface area contributed by atoms with Crippen molar-refractivity contribution >= 4 is 21.7 Å². The Morgan fingerprint density at radius 3 is 3.17 bits per heavy atom. The molecule has 0 aliphatic carbocycles. The van der Waals surface area contributed by atoms with Crippen molar-refractivity contribution in [1.82, 2.24) is 9.55 Å². The lowest BCUT2D eigenvalue weighted by Crippen LogP contribution is -2.17. The monoisotopic (exact) mass is 307 g/mol. The third-order valence-corrected chi connectivity index (χ3v) is 3.66. The number of hydrogen-bond acceptors (Lipinski definition) is 3. The minimum absolute atomic E-state index is 0.852. The van der Waals surface area contributed by atoms with E-state index < -0.39 is 0 Å². The lowest BCUT2D eigenvalue weighted by atomic mass is 10.2. The van der Waals surface area contributed by atoms with Crippen molar-refractivity contribution in [3.63, 3.8) is 0 Å². The van der Waals surface area contributed by atoms with Gasteiger partial charge in [-0.2, -0.15) is 0 Å². The summed E-state index contributed by atoms with van der Waals surface area (Å²) in [6, 6.07) is 7.99. The average molecular weight is 308 g/mol. The first-order valence-corrected chi connectivity index (χ1v) is 6.73. The molecule has 1 aliphatic rings. The molecule has 5 heteroatoms. The normalized spacial score (nSPS) is 13.9. The third kappa shape index (κ3) is 1.88. The smallest absolute Gasteiger partial charge is 0.149 e. The Morgan fingerprint density at radius 1 is 1.44 bits per heavy atom. The minimum Gasteiger partial charge on any atom is -0.497 e. The van der Waals surface area contributed by atoms with Gasteiger partial charge in [0.2, 0.25) is 0 Å². The highest BCUT2D eigenvalue weighted by Gasteiger charge is 2.19. The van der Waals surface area contributed by atoms with Crippen LogP contribution in [0.25, 0.3) is 11.4 Å². The summed E-state index contributed by atoms with van der Waals surface area (Å²) in [6.07, 6.45) is 1.12. The summed E-state index contributed by atoms with van der Waals surface area (Å²) in [5.41, 5.74) is 1.07. The Labute approximate surface area is 114 Å². The lowest BCUT2D eigenvalue weighted by molar-refractivity contribution is 0.415. The zero-order valence-electron chi connectivity index (χ0n) is 10.1. The van der Waals surface area contributed by atoms with Gasteiger partial charge >= 0.3 is 0 Å².